The molecule has 2 aromatic carbocycles. The maximum atomic E-state index is 12.2. The summed E-state index contributed by atoms with van der Waals surface area (Å²) in [5, 5.41) is 8.05. The molecule has 7 heteroatoms. The molecule has 0 spiro atoms. The summed E-state index contributed by atoms with van der Waals surface area (Å²) in [4.78, 5) is 34.8. The zero-order chi connectivity index (χ0) is 18.9. The molecule has 0 saturated carbocycles. The normalized spacial score (nSPS) is 9.92. The van der Waals surface area contributed by atoms with Crippen molar-refractivity contribution in [2.45, 2.75) is 13.3 Å². The number of hydrogen-bond donors (Lipinski definition) is 3. The van der Waals surface area contributed by atoms with Gasteiger partial charge in [-0.05, 0) is 48.5 Å². The van der Waals surface area contributed by atoms with Gasteiger partial charge >= 0.3 is 0 Å². The predicted molar refractivity (Wildman–Crippen MR) is 99.3 cm³/mol. The highest BCUT2D eigenvalue weighted by molar-refractivity contribution is 6.04. The van der Waals surface area contributed by atoms with E-state index in [-0.39, 0.29) is 30.7 Å². The predicted octanol–water partition coefficient (Wildman–Crippen LogP) is 2.41. The standard InChI is InChI=1S/C19H21N3O4/c1-13(23)20-12-11-18(24)21-15-5-3-14(4-6-15)19(25)22-16-7-9-17(26-2)10-8-16/h3-10H,11-12H2,1-2H3,(H,20,23)(H,21,24)(H,22,25). The molecule has 0 atom stereocenters. The highest BCUT2D eigenvalue weighted by Crippen LogP contribution is 2.16. The van der Waals surface area contributed by atoms with E-state index in [2.05, 4.69) is 16.0 Å². The lowest BCUT2D eigenvalue weighted by atomic mass is 10.2. The van der Waals surface area contributed by atoms with Crippen molar-refractivity contribution in [3.63, 3.8) is 0 Å². The van der Waals surface area contributed by atoms with Crippen molar-refractivity contribution in [2.24, 2.45) is 0 Å². The third kappa shape index (κ3) is 5.94. The fourth-order valence-electron chi connectivity index (χ4n) is 2.16. The van der Waals surface area contributed by atoms with Crippen molar-refractivity contribution in [3.05, 3.63) is 54.1 Å². The summed E-state index contributed by atoms with van der Waals surface area (Å²) < 4.78 is 5.07. The zero-order valence-corrected chi connectivity index (χ0v) is 14.7. The summed E-state index contributed by atoms with van der Waals surface area (Å²) in [5.41, 5.74) is 1.71. The number of methoxy groups -OCH3 is 1. The Morgan fingerprint density at radius 3 is 2.04 bits per heavy atom. The molecule has 2 aromatic rings. The van der Waals surface area contributed by atoms with Gasteiger partial charge in [0.05, 0.1) is 7.11 Å². The van der Waals surface area contributed by atoms with Gasteiger partial charge in [-0.3, -0.25) is 14.4 Å². The molecule has 0 fully saturated rings. The van der Waals surface area contributed by atoms with Crippen LogP contribution in [0.3, 0.4) is 0 Å². The molecule has 3 amide bonds. The van der Waals surface area contributed by atoms with Gasteiger partial charge in [0.1, 0.15) is 5.75 Å². The van der Waals surface area contributed by atoms with Gasteiger partial charge < -0.3 is 20.7 Å². The van der Waals surface area contributed by atoms with Crippen LogP contribution in [0.2, 0.25) is 0 Å². The van der Waals surface area contributed by atoms with Crippen LogP contribution in [0.5, 0.6) is 5.75 Å². The van der Waals surface area contributed by atoms with Crippen LogP contribution < -0.4 is 20.7 Å². The molecular formula is C19H21N3O4. The van der Waals surface area contributed by atoms with E-state index in [1.54, 1.807) is 55.6 Å². The Kier molecular flexibility index (Phi) is 6.73. The smallest absolute Gasteiger partial charge is 0.255 e. The quantitative estimate of drug-likeness (QED) is 0.710. The summed E-state index contributed by atoms with van der Waals surface area (Å²) in [6, 6.07) is 13.6. The maximum absolute atomic E-state index is 12.2. The van der Waals surface area contributed by atoms with E-state index < -0.39 is 0 Å². The summed E-state index contributed by atoms with van der Waals surface area (Å²) in [7, 11) is 1.58. The van der Waals surface area contributed by atoms with Crippen molar-refractivity contribution in [3.8, 4) is 5.75 Å². The van der Waals surface area contributed by atoms with E-state index in [9.17, 15) is 14.4 Å². The number of hydrogen-bond acceptors (Lipinski definition) is 4. The molecule has 0 bridgehead atoms. The highest BCUT2D eigenvalue weighted by Gasteiger charge is 2.08. The average molecular weight is 355 g/mol. The van der Waals surface area contributed by atoms with E-state index in [1.165, 1.54) is 6.92 Å². The summed E-state index contributed by atoms with van der Waals surface area (Å²) >= 11 is 0. The minimum absolute atomic E-state index is 0.176. The molecule has 0 aliphatic heterocycles. The van der Waals surface area contributed by atoms with E-state index in [0.717, 1.165) is 0 Å². The Morgan fingerprint density at radius 1 is 0.885 bits per heavy atom. The molecule has 26 heavy (non-hydrogen) atoms. The Labute approximate surface area is 151 Å². The van der Waals surface area contributed by atoms with E-state index in [4.69, 9.17) is 4.74 Å². The van der Waals surface area contributed by atoms with Crippen LogP contribution in [0.15, 0.2) is 48.5 Å². The van der Waals surface area contributed by atoms with Gasteiger partial charge in [-0.25, -0.2) is 0 Å². The van der Waals surface area contributed by atoms with Gasteiger partial charge in [-0.1, -0.05) is 0 Å². The number of benzene rings is 2. The number of ether oxygens (including phenoxy) is 1. The van der Waals surface area contributed by atoms with E-state index in [1.807, 2.05) is 0 Å². The second-order valence-electron chi connectivity index (χ2n) is 5.54. The van der Waals surface area contributed by atoms with Crippen LogP contribution in [0.25, 0.3) is 0 Å². The third-order valence-corrected chi connectivity index (χ3v) is 3.50. The molecule has 0 saturated heterocycles. The second kappa shape index (κ2) is 9.22. The molecule has 2 rings (SSSR count). The van der Waals surface area contributed by atoms with Crippen LogP contribution in [-0.2, 0) is 9.59 Å². The van der Waals surface area contributed by atoms with Crippen molar-refractivity contribution in [1.82, 2.24) is 5.32 Å². The topological polar surface area (TPSA) is 96.5 Å². The molecule has 0 heterocycles. The van der Waals surface area contributed by atoms with E-state index in [0.29, 0.717) is 22.7 Å². The van der Waals surface area contributed by atoms with Gasteiger partial charge in [-0.2, -0.15) is 0 Å². The first-order valence-corrected chi connectivity index (χ1v) is 8.07. The van der Waals surface area contributed by atoms with Gasteiger partial charge in [0, 0.05) is 36.8 Å². The van der Waals surface area contributed by atoms with Crippen molar-refractivity contribution in [2.75, 3.05) is 24.3 Å². The fourth-order valence-corrected chi connectivity index (χ4v) is 2.16. The van der Waals surface area contributed by atoms with Crippen molar-refractivity contribution < 1.29 is 19.1 Å². The lowest BCUT2D eigenvalue weighted by Gasteiger charge is -2.08. The molecule has 7 nitrogen and oxygen atoms in total. The van der Waals surface area contributed by atoms with Crippen molar-refractivity contribution in [1.29, 1.82) is 0 Å². The molecule has 0 unspecified atom stereocenters. The Hall–Kier alpha value is -3.35. The highest BCUT2D eigenvalue weighted by atomic mass is 16.5. The Balaban J connectivity index is 1.88. The molecule has 0 aliphatic rings. The van der Waals surface area contributed by atoms with Crippen LogP contribution in [-0.4, -0.2) is 31.4 Å². The molecular weight excluding hydrogens is 334 g/mol. The summed E-state index contributed by atoms with van der Waals surface area (Å²) in [6.45, 7) is 1.68. The average Bonchev–Trinajstić information content (AvgIpc) is 2.62. The monoisotopic (exact) mass is 355 g/mol. The first-order valence-electron chi connectivity index (χ1n) is 8.07. The van der Waals surface area contributed by atoms with Gasteiger partial charge in [0.25, 0.3) is 5.91 Å². The number of carbonyl (C=O) groups excluding carboxylic acids is 3. The first-order chi connectivity index (χ1) is 12.5. The Morgan fingerprint density at radius 2 is 1.46 bits per heavy atom. The number of rotatable bonds is 7. The van der Waals surface area contributed by atoms with Gasteiger partial charge in [0.15, 0.2) is 0 Å². The lowest BCUT2D eigenvalue weighted by Crippen LogP contribution is -2.25. The SMILES string of the molecule is COc1ccc(NC(=O)c2ccc(NC(=O)CCNC(C)=O)cc2)cc1. The summed E-state index contributed by atoms with van der Waals surface area (Å²) in [6.07, 6.45) is 0.180. The van der Waals surface area contributed by atoms with Crippen LogP contribution in [0.4, 0.5) is 11.4 Å². The van der Waals surface area contributed by atoms with Crippen LogP contribution >= 0.6 is 0 Å². The third-order valence-electron chi connectivity index (χ3n) is 3.50. The van der Waals surface area contributed by atoms with E-state index >= 15 is 0 Å². The molecule has 0 aromatic heterocycles. The Bertz CT molecular complexity index is 770. The molecule has 0 radical (unpaired) electrons. The largest absolute Gasteiger partial charge is 0.497 e. The van der Waals surface area contributed by atoms with Crippen LogP contribution in [0.1, 0.15) is 23.7 Å². The maximum Gasteiger partial charge on any atom is 0.255 e. The number of anilines is 2. The number of amides is 3. The summed E-state index contributed by atoms with van der Waals surface area (Å²) in [5.74, 6) is 0.0690. The number of carbonyl (C=O) groups is 3. The minimum Gasteiger partial charge on any atom is -0.497 e. The molecule has 3 N–H and O–H groups in total. The first kappa shape index (κ1) is 19.0. The van der Waals surface area contributed by atoms with Crippen LogP contribution in [0, 0.1) is 0 Å². The zero-order valence-electron chi connectivity index (χ0n) is 14.7. The number of nitrogens with one attached hydrogen (secondary N) is 3. The fraction of sp³-hybridized carbons (Fsp3) is 0.211. The molecule has 0 aliphatic carbocycles. The van der Waals surface area contributed by atoms with Crippen molar-refractivity contribution >= 4 is 29.1 Å². The van der Waals surface area contributed by atoms with Gasteiger partial charge in [-0.15, -0.1) is 0 Å². The molecule has 136 valence electrons. The van der Waals surface area contributed by atoms with Gasteiger partial charge in [0.2, 0.25) is 11.8 Å². The minimum atomic E-state index is -0.251. The second-order valence-corrected chi connectivity index (χ2v) is 5.54. The lowest BCUT2D eigenvalue weighted by molar-refractivity contribution is -0.119.